The lowest BCUT2D eigenvalue weighted by Gasteiger charge is -2.32. The van der Waals surface area contributed by atoms with Gasteiger partial charge >= 0.3 is 0 Å². The summed E-state index contributed by atoms with van der Waals surface area (Å²) in [5, 5.41) is 5.36. The quantitative estimate of drug-likeness (QED) is 0.809. The van der Waals surface area contributed by atoms with Crippen LogP contribution < -0.4 is 0 Å². The number of piperidine rings is 1. The number of hydrogen-bond donors (Lipinski definition) is 1. The first-order chi connectivity index (χ1) is 11.3. The predicted octanol–water partition coefficient (Wildman–Crippen LogP) is 2.92. The van der Waals surface area contributed by atoms with Crippen molar-refractivity contribution < 1.29 is 4.79 Å². The van der Waals surface area contributed by atoms with Crippen molar-refractivity contribution in [3.63, 3.8) is 0 Å². The second-order valence-corrected chi connectivity index (χ2v) is 6.24. The van der Waals surface area contributed by atoms with Crippen molar-refractivity contribution in [3.8, 4) is 0 Å². The standard InChI is InChI=1S/C18H20N4O/c23-18(16-2-3-17-15(12-16)4-8-19-17)21-10-5-14(6-11-21)13-22-9-1-7-20-22/h1-4,7-9,12,14,19H,5-6,10-11,13H2. The molecule has 0 atom stereocenters. The number of amides is 1. The van der Waals surface area contributed by atoms with Crippen molar-refractivity contribution in [2.75, 3.05) is 13.1 Å². The number of hydrogen-bond acceptors (Lipinski definition) is 2. The predicted molar refractivity (Wildman–Crippen MR) is 89.2 cm³/mol. The van der Waals surface area contributed by atoms with Crippen LogP contribution in [0.3, 0.4) is 0 Å². The molecule has 5 nitrogen and oxygen atoms in total. The lowest BCUT2D eigenvalue weighted by Crippen LogP contribution is -2.39. The maximum absolute atomic E-state index is 12.7. The number of aromatic nitrogens is 3. The lowest BCUT2D eigenvalue weighted by atomic mass is 9.96. The van der Waals surface area contributed by atoms with E-state index in [4.69, 9.17) is 0 Å². The number of likely N-dealkylation sites (tertiary alicyclic amines) is 1. The van der Waals surface area contributed by atoms with Crippen molar-refractivity contribution in [1.29, 1.82) is 0 Å². The molecule has 118 valence electrons. The van der Waals surface area contributed by atoms with Crippen LogP contribution in [-0.2, 0) is 6.54 Å². The molecule has 3 heterocycles. The molecule has 0 bridgehead atoms. The molecule has 0 aliphatic carbocycles. The average Bonchev–Trinajstić information content (AvgIpc) is 3.25. The van der Waals surface area contributed by atoms with E-state index in [0.717, 1.165) is 48.9 Å². The summed E-state index contributed by atoms with van der Waals surface area (Å²) in [6.07, 6.45) is 7.80. The van der Waals surface area contributed by atoms with Gasteiger partial charge in [-0.05, 0) is 49.1 Å². The molecule has 0 radical (unpaired) electrons. The topological polar surface area (TPSA) is 53.9 Å². The van der Waals surface area contributed by atoms with Gasteiger partial charge in [0, 0.05) is 54.7 Å². The minimum absolute atomic E-state index is 0.144. The smallest absolute Gasteiger partial charge is 0.253 e. The van der Waals surface area contributed by atoms with Crippen LogP contribution in [0.2, 0.25) is 0 Å². The molecule has 23 heavy (non-hydrogen) atoms. The van der Waals surface area contributed by atoms with Crippen LogP contribution in [-0.4, -0.2) is 38.7 Å². The Hall–Kier alpha value is -2.56. The number of nitrogens with zero attached hydrogens (tertiary/aromatic N) is 3. The van der Waals surface area contributed by atoms with Crippen LogP contribution in [0.15, 0.2) is 48.9 Å². The largest absolute Gasteiger partial charge is 0.361 e. The molecule has 2 aromatic heterocycles. The van der Waals surface area contributed by atoms with Gasteiger partial charge in [-0.2, -0.15) is 5.10 Å². The normalized spacial score (nSPS) is 16.1. The fourth-order valence-corrected chi connectivity index (χ4v) is 3.36. The van der Waals surface area contributed by atoms with Crippen molar-refractivity contribution in [1.82, 2.24) is 19.7 Å². The van der Waals surface area contributed by atoms with Gasteiger partial charge in [0.05, 0.1) is 0 Å². The van der Waals surface area contributed by atoms with Crippen molar-refractivity contribution in [2.24, 2.45) is 5.92 Å². The van der Waals surface area contributed by atoms with E-state index in [1.807, 2.05) is 58.5 Å². The molecule has 1 aliphatic rings. The van der Waals surface area contributed by atoms with Crippen LogP contribution in [0.25, 0.3) is 10.9 Å². The second kappa shape index (κ2) is 5.91. The minimum Gasteiger partial charge on any atom is -0.361 e. The Morgan fingerprint density at radius 1 is 1.26 bits per heavy atom. The van der Waals surface area contributed by atoms with Crippen LogP contribution in [0, 0.1) is 5.92 Å². The summed E-state index contributed by atoms with van der Waals surface area (Å²) in [5.74, 6) is 0.747. The van der Waals surface area contributed by atoms with E-state index in [1.165, 1.54) is 0 Å². The van der Waals surface area contributed by atoms with E-state index < -0.39 is 0 Å². The van der Waals surface area contributed by atoms with E-state index in [-0.39, 0.29) is 5.91 Å². The van der Waals surface area contributed by atoms with Crippen molar-refractivity contribution in [2.45, 2.75) is 19.4 Å². The van der Waals surface area contributed by atoms with E-state index >= 15 is 0 Å². The fourth-order valence-electron chi connectivity index (χ4n) is 3.36. The summed E-state index contributed by atoms with van der Waals surface area (Å²) >= 11 is 0. The molecule has 1 fully saturated rings. The van der Waals surface area contributed by atoms with Gasteiger partial charge in [0.2, 0.25) is 0 Å². The highest BCUT2D eigenvalue weighted by Gasteiger charge is 2.24. The van der Waals surface area contributed by atoms with Gasteiger partial charge < -0.3 is 9.88 Å². The fraction of sp³-hybridized carbons (Fsp3) is 0.333. The Labute approximate surface area is 134 Å². The molecule has 0 spiro atoms. The molecule has 0 saturated carbocycles. The number of fused-ring (bicyclic) bond motifs is 1. The zero-order valence-electron chi connectivity index (χ0n) is 13.0. The molecule has 4 rings (SSSR count). The number of carbonyl (C=O) groups is 1. The maximum Gasteiger partial charge on any atom is 0.253 e. The summed E-state index contributed by atoms with van der Waals surface area (Å²) in [5.41, 5.74) is 1.85. The molecule has 0 unspecified atom stereocenters. The number of H-pyrrole nitrogens is 1. The summed E-state index contributed by atoms with van der Waals surface area (Å²) in [6, 6.07) is 9.83. The molecule has 1 N–H and O–H groups in total. The van der Waals surface area contributed by atoms with E-state index in [1.54, 1.807) is 0 Å². The number of benzene rings is 1. The first-order valence-corrected chi connectivity index (χ1v) is 8.13. The average molecular weight is 308 g/mol. The summed E-state index contributed by atoms with van der Waals surface area (Å²) < 4.78 is 1.99. The lowest BCUT2D eigenvalue weighted by molar-refractivity contribution is 0.0681. The van der Waals surface area contributed by atoms with Gasteiger partial charge in [-0.15, -0.1) is 0 Å². The molecule has 3 aromatic rings. The zero-order valence-corrected chi connectivity index (χ0v) is 13.0. The summed E-state index contributed by atoms with van der Waals surface area (Å²) in [7, 11) is 0. The zero-order chi connectivity index (χ0) is 15.6. The molecule has 1 saturated heterocycles. The molecule has 5 heteroatoms. The van der Waals surface area contributed by atoms with E-state index in [0.29, 0.717) is 5.92 Å². The highest BCUT2D eigenvalue weighted by molar-refractivity contribution is 5.98. The molecule has 1 amide bonds. The summed E-state index contributed by atoms with van der Waals surface area (Å²) in [6.45, 7) is 2.61. The Bertz CT molecular complexity index is 797. The molecule has 1 aromatic carbocycles. The highest BCUT2D eigenvalue weighted by Crippen LogP contribution is 2.22. The number of carbonyl (C=O) groups excluding carboxylic acids is 1. The highest BCUT2D eigenvalue weighted by atomic mass is 16.2. The first kappa shape index (κ1) is 14.1. The van der Waals surface area contributed by atoms with E-state index in [9.17, 15) is 4.79 Å². The Kier molecular flexibility index (Phi) is 3.61. The van der Waals surface area contributed by atoms with Crippen LogP contribution >= 0.6 is 0 Å². The molecule has 1 aliphatic heterocycles. The third-order valence-corrected chi connectivity index (χ3v) is 4.71. The van der Waals surface area contributed by atoms with Crippen molar-refractivity contribution in [3.05, 3.63) is 54.5 Å². The second-order valence-electron chi connectivity index (χ2n) is 6.24. The van der Waals surface area contributed by atoms with Crippen LogP contribution in [0.5, 0.6) is 0 Å². The third-order valence-electron chi connectivity index (χ3n) is 4.71. The van der Waals surface area contributed by atoms with Gasteiger partial charge in [-0.25, -0.2) is 0 Å². The Balaban J connectivity index is 1.40. The molecular weight excluding hydrogens is 288 g/mol. The Morgan fingerprint density at radius 3 is 2.91 bits per heavy atom. The number of aromatic amines is 1. The van der Waals surface area contributed by atoms with Gasteiger partial charge in [-0.1, -0.05) is 0 Å². The SMILES string of the molecule is O=C(c1ccc2[nH]ccc2c1)N1CCC(Cn2cccn2)CC1. The van der Waals surface area contributed by atoms with Gasteiger partial charge in [0.1, 0.15) is 0 Å². The third kappa shape index (κ3) is 2.86. The summed E-state index contributed by atoms with van der Waals surface area (Å²) in [4.78, 5) is 17.8. The van der Waals surface area contributed by atoms with Crippen LogP contribution in [0.1, 0.15) is 23.2 Å². The number of nitrogens with one attached hydrogen (secondary N) is 1. The minimum atomic E-state index is 0.144. The van der Waals surface area contributed by atoms with Crippen LogP contribution in [0.4, 0.5) is 0 Å². The number of rotatable bonds is 3. The van der Waals surface area contributed by atoms with E-state index in [2.05, 4.69) is 10.1 Å². The van der Waals surface area contributed by atoms with Gasteiger partial charge in [0.15, 0.2) is 0 Å². The maximum atomic E-state index is 12.7. The van der Waals surface area contributed by atoms with Crippen molar-refractivity contribution >= 4 is 16.8 Å². The monoisotopic (exact) mass is 308 g/mol. The van der Waals surface area contributed by atoms with Gasteiger partial charge in [0.25, 0.3) is 5.91 Å². The first-order valence-electron chi connectivity index (χ1n) is 8.13. The Morgan fingerprint density at radius 2 is 2.13 bits per heavy atom. The van der Waals surface area contributed by atoms with Gasteiger partial charge in [-0.3, -0.25) is 9.48 Å². The molecular formula is C18H20N4O.